The van der Waals surface area contributed by atoms with Gasteiger partial charge in [0.15, 0.2) is 0 Å². The van der Waals surface area contributed by atoms with E-state index >= 15 is 0 Å². The summed E-state index contributed by atoms with van der Waals surface area (Å²) in [4.78, 5) is 12.4. The first kappa shape index (κ1) is 12.4. The molecule has 0 fully saturated rings. The zero-order valence-corrected chi connectivity index (χ0v) is 10.8. The molecule has 17 heavy (non-hydrogen) atoms. The summed E-state index contributed by atoms with van der Waals surface area (Å²) in [6.07, 6.45) is 5.56. The molecule has 2 N–H and O–H groups in total. The van der Waals surface area contributed by atoms with Crippen LogP contribution < -0.4 is 11.3 Å². The summed E-state index contributed by atoms with van der Waals surface area (Å²) in [5.74, 6) is 0. The van der Waals surface area contributed by atoms with E-state index in [0.29, 0.717) is 6.54 Å². The first-order valence-corrected chi connectivity index (χ1v) is 6.65. The highest BCUT2D eigenvalue weighted by atomic mass is 16.1. The molecule has 1 heterocycles. The number of hydrogen-bond acceptors (Lipinski definition) is 2. The summed E-state index contributed by atoms with van der Waals surface area (Å²) in [5.41, 5.74) is 9.18. The van der Waals surface area contributed by atoms with Gasteiger partial charge in [0.25, 0.3) is 5.56 Å². The van der Waals surface area contributed by atoms with Crippen molar-refractivity contribution in [1.29, 1.82) is 0 Å². The van der Waals surface area contributed by atoms with Crippen molar-refractivity contribution >= 4 is 0 Å². The van der Waals surface area contributed by atoms with Gasteiger partial charge in [-0.25, -0.2) is 0 Å². The molecule has 0 bridgehead atoms. The van der Waals surface area contributed by atoms with Gasteiger partial charge < -0.3 is 10.3 Å². The minimum absolute atomic E-state index is 0.127. The predicted octanol–water partition coefficient (Wildman–Crippen LogP) is 2.16. The Morgan fingerprint density at radius 1 is 1.41 bits per heavy atom. The zero-order chi connectivity index (χ0) is 12.4. The molecular weight excluding hydrogens is 212 g/mol. The topological polar surface area (TPSA) is 48.0 Å². The van der Waals surface area contributed by atoms with Crippen LogP contribution in [0.25, 0.3) is 0 Å². The Bertz CT molecular complexity index is 462. The van der Waals surface area contributed by atoms with E-state index in [1.54, 1.807) is 0 Å². The van der Waals surface area contributed by atoms with E-state index in [4.69, 9.17) is 5.73 Å². The lowest BCUT2D eigenvalue weighted by atomic mass is 9.93. The van der Waals surface area contributed by atoms with Crippen molar-refractivity contribution < 1.29 is 0 Å². The maximum atomic E-state index is 12.4. The van der Waals surface area contributed by atoms with Crippen LogP contribution in [0.15, 0.2) is 10.9 Å². The van der Waals surface area contributed by atoms with Gasteiger partial charge in [0.05, 0.1) is 0 Å². The molecule has 0 saturated carbocycles. The lowest BCUT2D eigenvalue weighted by Crippen LogP contribution is -2.32. The van der Waals surface area contributed by atoms with Crippen LogP contribution in [0.3, 0.4) is 0 Å². The first-order valence-electron chi connectivity index (χ1n) is 6.65. The Balaban J connectivity index is 2.64. The quantitative estimate of drug-likeness (QED) is 0.871. The summed E-state index contributed by atoms with van der Waals surface area (Å²) in [7, 11) is 0. The Labute approximate surface area is 103 Å². The number of pyridine rings is 1. The lowest BCUT2D eigenvalue weighted by molar-refractivity contribution is 0.472. The van der Waals surface area contributed by atoms with Gasteiger partial charge in [0.1, 0.15) is 0 Å². The van der Waals surface area contributed by atoms with Gasteiger partial charge in [-0.15, -0.1) is 0 Å². The Kier molecular flexibility index (Phi) is 3.67. The Hall–Kier alpha value is -1.09. The summed E-state index contributed by atoms with van der Waals surface area (Å²) >= 11 is 0. The molecule has 1 aromatic rings. The van der Waals surface area contributed by atoms with Crippen molar-refractivity contribution in [2.45, 2.75) is 58.5 Å². The maximum absolute atomic E-state index is 12.4. The van der Waals surface area contributed by atoms with E-state index < -0.39 is 0 Å². The van der Waals surface area contributed by atoms with Crippen molar-refractivity contribution in [1.82, 2.24) is 4.57 Å². The summed E-state index contributed by atoms with van der Waals surface area (Å²) in [6, 6.07) is 2.32. The second-order valence-electron chi connectivity index (χ2n) is 4.99. The van der Waals surface area contributed by atoms with Crippen LogP contribution in [0.2, 0.25) is 0 Å². The molecular formula is C14H22N2O. The van der Waals surface area contributed by atoms with E-state index in [2.05, 4.69) is 13.8 Å². The van der Waals surface area contributed by atoms with Crippen LogP contribution in [0, 0.1) is 0 Å². The van der Waals surface area contributed by atoms with E-state index in [1.807, 2.05) is 10.6 Å². The zero-order valence-electron chi connectivity index (χ0n) is 10.8. The van der Waals surface area contributed by atoms with Crippen LogP contribution >= 0.6 is 0 Å². The number of nitrogens with two attached hydrogens (primary N) is 1. The number of nitrogens with zero attached hydrogens (tertiary/aromatic N) is 1. The fourth-order valence-corrected chi connectivity index (χ4v) is 2.69. The van der Waals surface area contributed by atoms with Crippen molar-refractivity contribution in [2.24, 2.45) is 5.73 Å². The molecule has 1 aliphatic carbocycles. The molecule has 0 saturated heterocycles. The second-order valence-corrected chi connectivity index (χ2v) is 4.99. The van der Waals surface area contributed by atoms with E-state index in [-0.39, 0.29) is 11.6 Å². The van der Waals surface area contributed by atoms with Crippen molar-refractivity contribution in [3.05, 3.63) is 33.2 Å². The van der Waals surface area contributed by atoms with E-state index in [1.165, 1.54) is 24.1 Å². The smallest absolute Gasteiger partial charge is 0.255 e. The normalized spacial score (nSPS) is 16.6. The van der Waals surface area contributed by atoms with Crippen molar-refractivity contribution in [3.8, 4) is 0 Å². The second kappa shape index (κ2) is 5.05. The van der Waals surface area contributed by atoms with Gasteiger partial charge in [0.2, 0.25) is 0 Å². The van der Waals surface area contributed by atoms with Crippen LogP contribution in [-0.4, -0.2) is 4.57 Å². The molecule has 0 amide bonds. The third-order valence-electron chi connectivity index (χ3n) is 3.86. The highest BCUT2D eigenvalue weighted by Gasteiger charge is 2.19. The molecule has 0 aromatic carbocycles. The number of rotatable bonds is 3. The molecule has 1 aromatic heterocycles. The third kappa shape index (κ3) is 2.16. The molecule has 1 unspecified atom stereocenters. The highest BCUT2D eigenvalue weighted by Crippen LogP contribution is 2.23. The molecule has 1 aliphatic rings. The average Bonchev–Trinajstić information content (AvgIpc) is 2.37. The number of aryl methyl sites for hydroxylation is 1. The molecule has 1 atom stereocenters. The molecule has 0 spiro atoms. The van der Waals surface area contributed by atoms with Gasteiger partial charge in [-0.1, -0.05) is 6.92 Å². The van der Waals surface area contributed by atoms with Crippen LogP contribution in [0.1, 0.15) is 56.0 Å². The molecule has 94 valence electrons. The summed E-state index contributed by atoms with van der Waals surface area (Å²) in [5, 5.41) is 0. The van der Waals surface area contributed by atoms with Gasteiger partial charge in [-0.3, -0.25) is 4.79 Å². The Morgan fingerprint density at radius 2 is 2.12 bits per heavy atom. The largest absolute Gasteiger partial charge is 0.326 e. The first-order chi connectivity index (χ1) is 8.19. The molecule has 0 aliphatic heterocycles. The third-order valence-corrected chi connectivity index (χ3v) is 3.86. The maximum Gasteiger partial charge on any atom is 0.255 e. The number of hydrogen-bond donors (Lipinski definition) is 1. The fraction of sp³-hybridized carbons (Fsp3) is 0.643. The summed E-state index contributed by atoms with van der Waals surface area (Å²) in [6.45, 7) is 4.60. The van der Waals surface area contributed by atoms with Crippen molar-refractivity contribution in [3.63, 3.8) is 0 Å². The van der Waals surface area contributed by atoms with Gasteiger partial charge in [-0.05, 0) is 50.7 Å². The monoisotopic (exact) mass is 234 g/mol. The minimum Gasteiger partial charge on any atom is -0.326 e. The highest BCUT2D eigenvalue weighted by molar-refractivity contribution is 5.29. The molecule has 2 rings (SSSR count). The van der Waals surface area contributed by atoms with Gasteiger partial charge >= 0.3 is 0 Å². The standard InChI is InChI=1S/C14H22N2O/c1-3-10(2)16-13-7-5-4-6-11(13)8-12(9-15)14(16)17/h8,10H,3-7,9,15H2,1-2H3. The molecule has 0 radical (unpaired) electrons. The molecule has 3 heteroatoms. The average molecular weight is 234 g/mol. The van der Waals surface area contributed by atoms with E-state index in [9.17, 15) is 4.79 Å². The number of aromatic nitrogens is 1. The van der Waals surface area contributed by atoms with Gasteiger partial charge in [0, 0.05) is 23.8 Å². The van der Waals surface area contributed by atoms with Crippen LogP contribution in [0.4, 0.5) is 0 Å². The van der Waals surface area contributed by atoms with Crippen molar-refractivity contribution in [2.75, 3.05) is 0 Å². The molecule has 3 nitrogen and oxygen atoms in total. The number of fused-ring (bicyclic) bond motifs is 1. The lowest BCUT2D eigenvalue weighted by Gasteiger charge is -2.25. The van der Waals surface area contributed by atoms with Crippen LogP contribution in [0.5, 0.6) is 0 Å². The summed E-state index contributed by atoms with van der Waals surface area (Å²) < 4.78 is 2.00. The predicted molar refractivity (Wildman–Crippen MR) is 70.2 cm³/mol. The van der Waals surface area contributed by atoms with Crippen LogP contribution in [-0.2, 0) is 19.4 Å². The fourth-order valence-electron chi connectivity index (χ4n) is 2.69. The van der Waals surface area contributed by atoms with E-state index in [0.717, 1.165) is 24.8 Å². The van der Waals surface area contributed by atoms with Gasteiger partial charge in [-0.2, -0.15) is 0 Å². The minimum atomic E-state index is 0.127. The SMILES string of the molecule is CCC(C)n1c2c(cc(CN)c1=O)CCCC2. The Morgan fingerprint density at radius 3 is 2.76 bits per heavy atom.